The Morgan fingerprint density at radius 3 is 1.48 bits per heavy atom. The van der Waals surface area contributed by atoms with Crippen molar-refractivity contribution in [3.8, 4) is 11.5 Å². The van der Waals surface area contributed by atoms with Crippen molar-refractivity contribution in [2.75, 3.05) is 6.26 Å². The lowest BCUT2D eigenvalue weighted by Gasteiger charge is -2.30. The van der Waals surface area contributed by atoms with Gasteiger partial charge >= 0.3 is 0 Å². The van der Waals surface area contributed by atoms with Crippen LogP contribution in [0.4, 0.5) is 0 Å². The molecule has 0 spiro atoms. The third-order valence-corrected chi connectivity index (χ3v) is 9.36. The minimum Gasteiger partial charge on any atom is -0.507 e. The number of phenols is 2. The van der Waals surface area contributed by atoms with Crippen LogP contribution in [0.15, 0.2) is 53.4 Å². The molecular weight excluding hydrogens is 443 g/mol. The molecule has 0 aliphatic rings. The molecule has 0 fully saturated rings. The monoisotopic (exact) mass is 480 g/mol. The zero-order valence-corrected chi connectivity index (χ0v) is 23.1. The molecule has 33 heavy (non-hydrogen) atoms. The van der Waals surface area contributed by atoms with Gasteiger partial charge in [0.2, 0.25) is 0 Å². The van der Waals surface area contributed by atoms with Gasteiger partial charge in [-0.05, 0) is 73.5 Å². The molecule has 3 aromatic carbocycles. The molecule has 0 atom stereocenters. The smallest absolute Gasteiger partial charge is 0.127 e. The number of phenolic OH excluding ortho intramolecular Hbond substituents is 2. The summed E-state index contributed by atoms with van der Waals surface area (Å²) >= 11 is 1.71. The minimum atomic E-state index is -1.19. The molecule has 0 radical (unpaired) electrons. The lowest BCUT2D eigenvalue weighted by Crippen LogP contribution is -2.26. The SMILES string of the molecule is CSc1ccccc1P(c1cc(C)cc(C(C)(C)C)c1O)c1cc(C)cc(C(C)(C)C)c1O. The van der Waals surface area contributed by atoms with E-state index >= 15 is 0 Å². The van der Waals surface area contributed by atoms with Crippen molar-refractivity contribution in [1.29, 1.82) is 0 Å². The van der Waals surface area contributed by atoms with E-state index in [0.717, 1.165) is 38.2 Å². The van der Waals surface area contributed by atoms with Gasteiger partial charge in [-0.1, -0.05) is 71.9 Å². The molecule has 0 unspecified atom stereocenters. The predicted octanol–water partition coefficient (Wildman–Crippen LogP) is 6.79. The Morgan fingerprint density at radius 2 is 1.09 bits per heavy atom. The molecule has 0 amide bonds. The summed E-state index contributed by atoms with van der Waals surface area (Å²) in [6, 6.07) is 16.8. The van der Waals surface area contributed by atoms with Gasteiger partial charge in [0.25, 0.3) is 0 Å². The molecule has 3 aromatic rings. The minimum absolute atomic E-state index is 0.198. The van der Waals surface area contributed by atoms with Crippen LogP contribution >= 0.6 is 19.7 Å². The maximum atomic E-state index is 11.6. The summed E-state index contributed by atoms with van der Waals surface area (Å²) in [6.07, 6.45) is 2.08. The quantitative estimate of drug-likeness (QED) is 0.319. The number of hydrogen-bond acceptors (Lipinski definition) is 3. The lowest BCUT2D eigenvalue weighted by molar-refractivity contribution is 0.450. The van der Waals surface area contributed by atoms with Crippen LogP contribution in [0, 0.1) is 13.8 Å². The van der Waals surface area contributed by atoms with Crippen molar-refractivity contribution in [1.82, 2.24) is 0 Å². The predicted molar refractivity (Wildman–Crippen MR) is 147 cm³/mol. The molecule has 0 saturated carbocycles. The molecule has 0 aliphatic carbocycles. The fraction of sp³-hybridized carbons (Fsp3) is 0.379. The Bertz CT molecular complexity index is 1100. The highest BCUT2D eigenvalue weighted by Gasteiger charge is 2.31. The second-order valence-corrected chi connectivity index (χ2v) is 13.8. The van der Waals surface area contributed by atoms with Gasteiger partial charge in [0, 0.05) is 26.6 Å². The van der Waals surface area contributed by atoms with Crippen molar-refractivity contribution >= 4 is 35.6 Å². The third-order valence-electron chi connectivity index (χ3n) is 5.89. The number of aryl methyl sites for hydroxylation is 2. The average Bonchev–Trinajstić information content (AvgIpc) is 2.71. The number of thioether (sulfide) groups is 1. The summed E-state index contributed by atoms with van der Waals surface area (Å²) in [6.45, 7) is 17.0. The first kappa shape index (κ1) is 25.7. The van der Waals surface area contributed by atoms with Gasteiger partial charge < -0.3 is 10.2 Å². The Kier molecular flexibility index (Phi) is 7.27. The van der Waals surface area contributed by atoms with E-state index < -0.39 is 7.92 Å². The second-order valence-electron chi connectivity index (χ2n) is 10.9. The van der Waals surface area contributed by atoms with E-state index in [0.29, 0.717) is 11.5 Å². The van der Waals surface area contributed by atoms with Crippen molar-refractivity contribution in [3.63, 3.8) is 0 Å². The fourth-order valence-electron chi connectivity index (χ4n) is 4.21. The van der Waals surface area contributed by atoms with E-state index in [1.54, 1.807) is 11.8 Å². The lowest BCUT2D eigenvalue weighted by atomic mass is 9.85. The highest BCUT2D eigenvalue weighted by atomic mass is 32.2. The first-order valence-electron chi connectivity index (χ1n) is 11.4. The van der Waals surface area contributed by atoms with E-state index in [1.165, 1.54) is 4.90 Å². The molecule has 0 bridgehead atoms. The van der Waals surface area contributed by atoms with E-state index in [9.17, 15) is 10.2 Å². The first-order chi connectivity index (χ1) is 15.3. The maximum Gasteiger partial charge on any atom is 0.127 e. The van der Waals surface area contributed by atoms with Gasteiger partial charge in [-0.2, -0.15) is 0 Å². The summed E-state index contributed by atoms with van der Waals surface area (Å²) in [5.74, 6) is 0.682. The highest BCUT2D eigenvalue weighted by molar-refractivity contribution is 7.99. The van der Waals surface area contributed by atoms with E-state index in [-0.39, 0.29) is 10.8 Å². The van der Waals surface area contributed by atoms with Crippen LogP contribution in [-0.4, -0.2) is 16.5 Å². The van der Waals surface area contributed by atoms with Gasteiger partial charge in [0.05, 0.1) is 0 Å². The molecule has 2 nitrogen and oxygen atoms in total. The third kappa shape index (κ3) is 5.26. The van der Waals surface area contributed by atoms with Crippen molar-refractivity contribution in [2.24, 2.45) is 0 Å². The summed E-state index contributed by atoms with van der Waals surface area (Å²) in [5.41, 5.74) is 3.71. The molecular formula is C29H37O2PS. The van der Waals surface area contributed by atoms with Crippen LogP contribution in [0.2, 0.25) is 0 Å². The molecule has 0 saturated heterocycles. The topological polar surface area (TPSA) is 40.5 Å². The van der Waals surface area contributed by atoms with E-state index in [4.69, 9.17) is 0 Å². The zero-order chi connectivity index (χ0) is 24.7. The standard InChI is InChI=1S/C29H37O2PS/c1-18-14-20(28(3,4)5)26(30)23(16-18)32(22-12-10-11-13-25(22)33-9)24-17-19(2)15-21(27(24)31)29(6,7)8/h10-17,30-31H,1-9H3. The van der Waals surface area contributed by atoms with E-state index in [2.05, 4.69) is 110 Å². The summed E-state index contributed by atoms with van der Waals surface area (Å²) in [5, 5.41) is 26.2. The Balaban J connectivity index is 2.47. The van der Waals surface area contributed by atoms with Gasteiger partial charge in [0.1, 0.15) is 11.5 Å². The van der Waals surface area contributed by atoms with Crippen LogP contribution < -0.4 is 15.9 Å². The molecule has 4 heteroatoms. The second kappa shape index (κ2) is 9.35. The van der Waals surface area contributed by atoms with Gasteiger partial charge in [-0.15, -0.1) is 11.8 Å². The zero-order valence-electron chi connectivity index (χ0n) is 21.4. The van der Waals surface area contributed by atoms with E-state index in [1.807, 2.05) is 0 Å². The summed E-state index contributed by atoms with van der Waals surface area (Å²) in [7, 11) is -1.19. The number of benzene rings is 3. The van der Waals surface area contributed by atoms with Crippen LogP contribution in [0.1, 0.15) is 63.8 Å². The summed E-state index contributed by atoms with van der Waals surface area (Å²) in [4.78, 5) is 1.17. The highest BCUT2D eigenvalue weighted by Crippen LogP contribution is 2.46. The van der Waals surface area contributed by atoms with Gasteiger partial charge in [-0.25, -0.2) is 0 Å². The first-order valence-corrected chi connectivity index (χ1v) is 13.9. The largest absolute Gasteiger partial charge is 0.507 e. The maximum absolute atomic E-state index is 11.6. The van der Waals surface area contributed by atoms with Crippen LogP contribution in [-0.2, 0) is 10.8 Å². The Morgan fingerprint density at radius 1 is 0.667 bits per heavy atom. The molecule has 0 heterocycles. The molecule has 176 valence electrons. The van der Waals surface area contributed by atoms with Crippen LogP contribution in [0.5, 0.6) is 11.5 Å². The normalized spacial score (nSPS) is 12.4. The Labute approximate surface area is 205 Å². The number of aromatic hydroxyl groups is 2. The van der Waals surface area contributed by atoms with Crippen LogP contribution in [0.25, 0.3) is 0 Å². The van der Waals surface area contributed by atoms with Crippen molar-refractivity contribution < 1.29 is 10.2 Å². The van der Waals surface area contributed by atoms with Crippen molar-refractivity contribution in [3.05, 3.63) is 70.8 Å². The Hall–Kier alpha value is -1.96. The van der Waals surface area contributed by atoms with Crippen molar-refractivity contribution in [2.45, 2.75) is 71.1 Å². The average molecular weight is 481 g/mol. The molecule has 2 N–H and O–H groups in total. The number of rotatable bonds is 4. The molecule has 3 rings (SSSR count). The molecule has 0 aliphatic heterocycles. The molecule has 0 aromatic heterocycles. The fourth-order valence-corrected chi connectivity index (χ4v) is 7.89. The summed E-state index contributed by atoms with van der Waals surface area (Å²) < 4.78 is 0. The van der Waals surface area contributed by atoms with Gasteiger partial charge in [-0.3, -0.25) is 0 Å². The number of hydrogen-bond donors (Lipinski definition) is 2. The van der Waals surface area contributed by atoms with Gasteiger partial charge in [0.15, 0.2) is 0 Å². The van der Waals surface area contributed by atoms with Crippen LogP contribution in [0.3, 0.4) is 0 Å².